The van der Waals surface area contributed by atoms with Gasteiger partial charge >= 0.3 is 0 Å². The van der Waals surface area contributed by atoms with Crippen LogP contribution in [0.5, 0.6) is 0 Å². The summed E-state index contributed by atoms with van der Waals surface area (Å²) in [6.45, 7) is 3.77. The maximum absolute atomic E-state index is 13.8. The second kappa shape index (κ2) is 5.16. The van der Waals surface area contributed by atoms with E-state index in [1.54, 1.807) is 18.2 Å². The number of benzene rings is 1. The molecule has 1 aromatic heterocycles. The summed E-state index contributed by atoms with van der Waals surface area (Å²) < 4.78 is 13.8. The lowest BCUT2D eigenvalue weighted by Crippen LogP contribution is -2.29. The average molecular weight is 265 g/mol. The van der Waals surface area contributed by atoms with Crippen LogP contribution in [-0.2, 0) is 12.0 Å². The summed E-state index contributed by atoms with van der Waals surface area (Å²) in [6, 6.07) is 6.38. The van der Waals surface area contributed by atoms with Crippen LogP contribution in [0.4, 0.5) is 4.39 Å². The van der Waals surface area contributed by atoms with Gasteiger partial charge in [-0.2, -0.15) is 0 Å². The lowest BCUT2D eigenvalue weighted by Gasteiger charge is -2.27. The third kappa shape index (κ3) is 2.60. The Morgan fingerprint density at radius 1 is 1.39 bits per heavy atom. The Hall–Kier alpha value is -1.26. The maximum atomic E-state index is 13.8. The van der Waals surface area contributed by atoms with Gasteiger partial charge in [0.1, 0.15) is 5.82 Å². The van der Waals surface area contributed by atoms with Gasteiger partial charge in [0.25, 0.3) is 0 Å². The van der Waals surface area contributed by atoms with Crippen molar-refractivity contribution in [1.82, 2.24) is 4.98 Å². The van der Waals surface area contributed by atoms with Gasteiger partial charge in [-0.05, 0) is 19.4 Å². The molecule has 1 unspecified atom stereocenters. The minimum Gasteiger partial charge on any atom is -0.385 e. The first-order chi connectivity index (χ1) is 8.55. The SMILES string of the molecule is CCC(O)(Cc1csc(C)n1)c1ccccc1F. The Morgan fingerprint density at radius 3 is 2.67 bits per heavy atom. The molecule has 0 aliphatic rings. The normalized spacial score (nSPS) is 14.4. The zero-order valence-corrected chi connectivity index (χ0v) is 11.3. The molecule has 1 heterocycles. The monoisotopic (exact) mass is 265 g/mol. The molecule has 0 fully saturated rings. The Morgan fingerprint density at radius 2 is 2.11 bits per heavy atom. The van der Waals surface area contributed by atoms with Crippen LogP contribution < -0.4 is 0 Å². The molecule has 2 rings (SSSR count). The van der Waals surface area contributed by atoms with Gasteiger partial charge in [-0.1, -0.05) is 25.1 Å². The summed E-state index contributed by atoms with van der Waals surface area (Å²) >= 11 is 1.54. The van der Waals surface area contributed by atoms with Crippen LogP contribution in [-0.4, -0.2) is 10.1 Å². The van der Waals surface area contributed by atoms with Crippen molar-refractivity contribution in [3.63, 3.8) is 0 Å². The summed E-state index contributed by atoms with van der Waals surface area (Å²) in [5.74, 6) is -0.367. The molecule has 0 saturated carbocycles. The Labute approximate surface area is 110 Å². The third-order valence-corrected chi connectivity index (χ3v) is 3.92. The van der Waals surface area contributed by atoms with Crippen molar-refractivity contribution < 1.29 is 9.50 Å². The number of hydrogen-bond acceptors (Lipinski definition) is 3. The molecule has 0 amide bonds. The summed E-state index contributed by atoms with van der Waals surface area (Å²) in [4.78, 5) is 4.33. The second-order valence-electron chi connectivity index (χ2n) is 4.40. The van der Waals surface area contributed by atoms with Crippen LogP contribution in [0.3, 0.4) is 0 Å². The Balaban J connectivity index is 2.33. The lowest BCUT2D eigenvalue weighted by molar-refractivity contribution is 0.0283. The van der Waals surface area contributed by atoms with Crippen molar-refractivity contribution in [3.05, 3.63) is 51.7 Å². The first kappa shape index (κ1) is 13.2. The topological polar surface area (TPSA) is 33.1 Å². The van der Waals surface area contributed by atoms with E-state index in [1.807, 2.05) is 19.2 Å². The number of rotatable bonds is 4. The fourth-order valence-electron chi connectivity index (χ4n) is 2.04. The third-order valence-electron chi connectivity index (χ3n) is 3.10. The standard InChI is InChI=1S/C14H16FNOS/c1-3-14(17,8-11-9-18-10(2)16-11)12-6-4-5-7-13(12)15/h4-7,9,17H,3,8H2,1-2H3. The molecule has 0 radical (unpaired) electrons. The van der Waals surface area contributed by atoms with Gasteiger partial charge in [-0.15, -0.1) is 11.3 Å². The van der Waals surface area contributed by atoms with Gasteiger partial charge in [0.2, 0.25) is 0 Å². The second-order valence-corrected chi connectivity index (χ2v) is 5.46. The maximum Gasteiger partial charge on any atom is 0.129 e. The van der Waals surface area contributed by atoms with Crippen molar-refractivity contribution in [2.75, 3.05) is 0 Å². The van der Waals surface area contributed by atoms with E-state index < -0.39 is 5.60 Å². The van der Waals surface area contributed by atoms with Crippen LogP contribution >= 0.6 is 11.3 Å². The minimum absolute atomic E-state index is 0.342. The molecule has 0 bridgehead atoms. The zero-order valence-electron chi connectivity index (χ0n) is 10.5. The lowest BCUT2D eigenvalue weighted by atomic mass is 9.86. The van der Waals surface area contributed by atoms with Crippen molar-refractivity contribution in [1.29, 1.82) is 0 Å². The molecule has 2 aromatic rings. The molecular formula is C14H16FNOS. The Bertz CT molecular complexity index is 540. The largest absolute Gasteiger partial charge is 0.385 e. The van der Waals surface area contributed by atoms with E-state index in [0.717, 1.165) is 10.7 Å². The number of thiazole rings is 1. The molecule has 0 spiro atoms. The number of hydrogen-bond donors (Lipinski definition) is 1. The summed E-state index contributed by atoms with van der Waals surface area (Å²) in [5.41, 5.74) is -0.0328. The van der Waals surface area contributed by atoms with Crippen molar-refractivity contribution in [2.45, 2.75) is 32.3 Å². The highest BCUT2D eigenvalue weighted by molar-refractivity contribution is 7.09. The predicted octanol–water partition coefficient (Wildman–Crippen LogP) is 3.43. The van der Waals surface area contributed by atoms with Crippen LogP contribution in [0.1, 0.15) is 29.6 Å². The molecule has 0 saturated heterocycles. The number of aromatic nitrogens is 1. The van der Waals surface area contributed by atoms with Gasteiger partial charge in [0.15, 0.2) is 0 Å². The van der Waals surface area contributed by atoms with Crippen LogP contribution in [0.25, 0.3) is 0 Å². The van der Waals surface area contributed by atoms with E-state index >= 15 is 0 Å². The zero-order chi connectivity index (χ0) is 13.2. The van der Waals surface area contributed by atoms with Crippen LogP contribution in [0.2, 0.25) is 0 Å². The van der Waals surface area contributed by atoms with E-state index in [9.17, 15) is 9.50 Å². The van der Waals surface area contributed by atoms with E-state index in [1.165, 1.54) is 17.4 Å². The van der Waals surface area contributed by atoms with E-state index in [-0.39, 0.29) is 5.82 Å². The molecular weight excluding hydrogens is 249 g/mol. The number of aliphatic hydroxyl groups is 1. The molecule has 4 heteroatoms. The van der Waals surface area contributed by atoms with E-state index in [0.29, 0.717) is 18.4 Å². The molecule has 1 N–H and O–H groups in total. The minimum atomic E-state index is -1.19. The smallest absolute Gasteiger partial charge is 0.129 e. The molecule has 2 nitrogen and oxygen atoms in total. The number of nitrogens with zero attached hydrogens (tertiary/aromatic N) is 1. The highest BCUT2D eigenvalue weighted by atomic mass is 32.1. The summed E-state index contributed by atoms with van der Waals surface area (Å²) in [6.07, 6.45) is 0.791. The van der Waals surface area contributed by atoms with E-state index in [4.69, 9.17) is 0 Å². The molecule has 0 aliphatic carbocycles. The van der Waals surface area contributed by atoms with Gasteiger partial charge in [0.05, 0.1) is 16.3 Å². The van der Waals surface area contributed by atoms with Crippen molar-refractivity contribution in [3.8, 4) is 0 Å². The van der Waals surface area contributed by atoms with Crippen molar-refractivity contribution >= 4 is 11.3 Å². The van der Waals surface area contributed by atoms with Crippen molar-refractivity contribution in [2.24, 2.45) is 0 Å². The summed E-state index contributed by atoms with van der Waals surface area (Å²) in [7, 11) is 0. The molecule has 1 aromatic carbocycles. The molecule has 18 heavy (non-hydrogen) atoms. The predicted molar refractivity (Wildman–Crippen MR) is 71.1 cm³/mol. The van der Waals surface area contributed by atoms with Crippen LogP contribution in [0.15, 0.2) is 29.6 Å². The fourth-order valence-corrected chi connectivity index (χ4v) is 2.65. The van der Waals surface area contributed by atoms with E-state index in [2.05, 4.69) is 4.98 Å². The highest BCUT2D eigenvalue weighted by Crippen LogP contribution is 2.31. The first-order valence-electron chi connectivity index (χ1n) is 5.93. The fraction of sp³-hybridized carbons (Fsp3) is 0.357. The molecule has 0 aliphatic heterocycles. The first-order valence-corrected chi connectivity index (χ1v) is 6.81. The van der Waals surface area contributed by atoms with Gasteiger partial charge in [-0.3, -0.25) is 0 Å². The Kier molecular flexibility index (Phi) is 3.78. The van der Waals surface area contributed by atoms with Crippen LogP contribution in [0, 0.1) is 12.7 Å². The van der Waals surface area contributed by atoms with Gasteiger partial charge in [0, 0.05) is 17.4 Å². The van der Waals surface area contributed by atoms with Gasteiger partial charge in [-0.25, -0.2) is 9.37 Å². The summed E-state index contributed by atoms with van der Waals surface area (Å²) in [5, 5.41) is 13.5. The molecule has 1 atom stereocenters. The van der Waals surface area contributed by atoms with Gasteiger partial charge < -0.3 is 5.11 Å². The highest BCUT2D eigenvalue weighted by Gasteiger charge is 2.31. The molecule has 96 valence electrons. The number of halogens is 1. The average Bonchev–Trinajstić information content (AvgIpc) is 2.75. The number of aryl methyl sites for hydroxylation is 1. The quantitative estimate of drug-likeness (QED) is 0.918.